The van der Waals surface area contributed by atoms with Crippen molar-refractivity contribution in [2.75, 3.05) is 33.2 Å². The SMILES string of the molecule is CN1CCC(C)(CNCC(O)c2cc(Cl)ccc2Cl)CC1. The molecule has 1 aromatic rings. The number of nitrogens with one attached hydrogen (secondary N) is 1. The number of rotatable bonds is 5. The lowest BCUT2D eigenvalue weighted by Crippen LogP contribution is -2.42. The molecule has 0 saturated carbocycles. The first-order valence-corrected chi connectivity index (χ1v) is 8.17. The van der Waals surface area contributed by atoms with Crippen molar-refractivity contribution >= 4 is 23.2 Å². The average molecular weight is 331 g/mol. The maximum Gasteiger partial charge on any atom is 0.0929 e. The highest BCUT2D eigenvalue weighted by Crippen LogP contribution is 2.30. The Morgan fingerprint density at radius 3 is 2.67 bits per heavy atom. The van der Waals surface area contributed by atoms with Gasteiger partial charge in [-0.2, -0.15) is 0 Å². The van der Waals surface area contributed by atoms with Crippen LogP contribution >= 0.6 is 23.2 Å². The molecular weight excluding hydrogens is 307 g/mol. The van der Waals surface area contributed by atoms with Crippen LogP contribution in [0.1, 0.15) is 31.4 Å². The first-order chi connectivity index (χ1) is 9.89. The molecule has 1 atom stereocenters. The third kappa shape index (κ3) is 4.83. The molecule has 1 aliphatic rings. The summed E-state index contributed by atoms with van der Waals surface area (Å²) >= 11 is 12.1. The zero-order valence-electron chi connectivity index (χ0n) is 12.7. The summed E-state index contributed by atoms with van der Waals surface area (Å²) in [5, 5.41) is 14.8. The van der Waals surface area contributed by atoms with Crippen LogP contribution in [0.5, 0.6) is 0 Å². The Kier molecular flexibility index (Phi) is 5.92. The minimum Gasteiger partial charge on any atom is -0.387 e. The second kappa shape index (κ2) is 7.30. The largest absolute Gasteiger partial charge is 0.387 e. The average Bonchev–Trinajstić information content (AvgIpc) is 2.45. The lowest BCUT2D eigenvalue weighted by molar-refractivity contribution is 0.124. The molecule has 2 rings (SSSR count). The topological polar surface area (TPSA) is 35.5 Å². The lowest BCUT2D eigenvalue weighted by atomic mass is 9.80. The van der Waals surface area contributed by atoms with Crippen LogP contribution in [-0.4, -0.2) is 43.2 Å². The fourth-order valence-electron chi connectivity index (χ4n) is 2.73. The smallest absolute Gasteiger partial charge is 0.0929 e. The molecule has 5 heteroatoms. The quantitative estimate of drug-likeness (QED) is 0.869. The molecule has 1 heterocycles. The zero-order valence-corrected chi connectivity index (χ0v) is 14.2. The van der Waals surface area contributed by atoms with Gasteiger partial charge in [0, 0.05) is 28.7 Å². The molecule has 1 unspecified atom stereocenters. The number of likely N-dealkylation sites (tertiary alicyclic amines) is 1. The number of aliphatic hydroxyl groups is 1. The van der Waals surface area contributed by atoms with Crippen molar-refractivity contribution in [3.8, 4) is 0 Å². The number of piperidine rings is 1. The van der Waals surface area contributed by atoms with E-state index in [2.05, 4.69) is 24.2 Å². The number of nitrogens with zero attached hydrogens (tertiary/aromatic N) is 1. The first kappa shape index (κ1) is 17.0. The Hall–Kier alpha value is -0.320. The Morgan fingerprint density at radius 1 is 1.33 bits per heavy atom. The van der Waals surface area contributed by atoms with E-state index in [0.717, 1.165) is 19.6 Å². The number of hydrogen-bond acceptors (Lipinski definition) is 3. The van der Waals surface area contributed by atoms with Gasteiger partial charge in [-0.1, -0.05) is 30.1 Å². The van der Waals surface area contributed by atoms with Gasteiger partial charge >= 0.3 is 0 Å². The van der Waals surface area contributed by atoms with Crippen LogP contribution in [0.4, 0.5) is 0 Å². The van der Waals surface area contributed by atoms with E-state index in [9.17, 15) is 5.11 Å². The van der Waals surface area contributed by atoms with Gasteiger partial charge in [-0.05, 0) is 56.6 Å². The Balaban J connectivity index is 1.84. The summed E-state index contributed by atoms with van der Waals surface area (Å²) < 4.78 is 0. The van der Waals surface area contributed by atoms with Crippen molar-refractivity contribution < 1.29 is 5.11 Å². The number of hydrogen-bond donors (Lipinski definition) is 2. The summed E-state index contributed by atoms with van der Waals surface area (Å²) in [6.07, 6.45) is 1.74. The fraction of sp³-hybridized carbons (Fsp3) is 0.625. The highest BCUT2D eigenvalue weighted by Gasteiger charge is 2.28. The summed E-state index contributed by atoms with van der Waals surface area (Å²) in [5.41, 5.74) is 0.995. The highest BCUT2D eigenvalue weighted by atomic mass is 35.5. The molecule has 0 radical (unpaired) electrons. The maximum atomic E-state index is 10.3. The van der Waals surface area contributed by atoms with Crippen LogP contribution in [0.25, 0.3) is 0 Å². The van der Waals surface area contributed by atoms with Crippen LogP contribution in [0.2, 0.25) is 10.0 Å². The van der Waals surface area contributed by atoms with Gasteiger partial charge in [-0.3, -0.25) is 0 Å². The van der Waals surface area contributed by atoms with Gasteiger partial charge in [0.2, 0.25) is 0 Å². The molecule has 21 heavy (non-hydrogen) atoms. The van der Waals surface area contributed by atoms with Crippen LogP contribution in [0.3, 0.4) is 0 Å². The predicted molar refractivity (Wildman–Crippen MR) is 89.1 cm³/mol. The van der Waals surface area contributed by atoms with Crippen molar-refractivity contribution in [2.24, 2.45) is 5.41 Å². The van der Waals surface area contributed by atoms with Crippen LogP contribution in [0.15, 0.2) is 18.2 Å². The van der Waals surface area contributed by atoms with Gasteiger partial charge in [0.25, 0.3) is 0 Å². The molecule has 1 aliphatic heterocycles. The van der Waals surface area contributed by atoms with Gasteiger partial charge in [0.05, 0.1) is 6.10 Å². The molecule has 1 fully saturated rings. The number of aliphatic hydroxyl groups excluding tert-OH is 1. The van der Waals surface area contributed by atoms with Gasteiger partial charge in [0.1, 0.15) is 0 Å². The normalized spacial score (nSPS) is 20.4. The van der Waals surface area contributed by atoms with E-state index < -0.39 is 6.10 Å². The highest BCUT2D eigenvalue weighted by molar-refractivity contribution is 6.33. The van der Waals surface area contributed by atoms with E-state index in [1.807, 2.05) is 0 Å². The Bertz CT molecular complexity index is 473. The number of benzene rings is 1. The molecule has 0 bridgehead atoms. The van der Waals surface area contributed by atoms with Crippen molar-refractivity contribution in [1.82, 2.24) is 10.2 Å². The first-order valence-electron chi connectivity index (χ1n) is 7.42. The molecule has 2 N–H and O–H groups in total. The zero-order chi connectivity index (χ0) is 15.5. The van der Waals surface area contributed by atoms with E-state index in [1.165, 1.54) is 12.8 Å². The molecule has 0 aromatic heterocycles. The van der Waals surface area contributed by atoms with Gasteiger partial charge in [0.15, 0.2) is 0 Å². The Labute approximate surface area is 137 Å². The third-order valence-corrected chi connectivity index (χ3v) is 4.98. The summed E-state index contributed by atoms with van der Waals surface area (Å²) in [6.45, 7) is 6.00. The summed E-state index contributed by atoms with van der Waals surface area (Å²) in [4.78, 5) is 2.36. The molecule has 118 valence electrons. The van der Waals surface area contributed by atoms with E-state index in [0.29, 0.717) is 27.6 Å². The van der Waals surface area contributed by atoms with E-state index >= 15 is 0 Å². The van der Waals surface area contributed by atoms with Gasteiger partial charge in [-0.25, -0.2) is 0 Å². The van der Waals surface area contributed by atoms with Crippen molar-refractivity contribution in [3.05, 3.63) is 33.8 Å². The minimum absolute atomic E-state index is 0.310. The fourth-order valence-corrected chi connectivity index (χ4v) is 3.15. The van der Waals surface area contributed by atoms with E-state index in [4.69, 9.17) is 23.2 Å². The number of halogens is 2. The molecule has 0 amide bonds. The molecular formula is C16H24Cl2N2O. The minimum atomic E-state index is -0.633. The maximum absolute atomic E-state index is 10.3. The van der Waals surface area contributed by atoms with Crippen LogP contribution < -0.4 is 5.32 Å². The molecule has 1 aromatic carbocycles. The third-order valence-electron chi connectivity index (χ3n) is 4.40. The van der Waals surface area contributed by atoms with Crippen molar-refractivity contribution in [2.45, 2.75) is 25.9 Å². The summed E-state index contributed by atoms with van der Waals surface area (Å²) in [5.74, 6) is 0. The van der Waals surface area contributed by atoms with Gasteiger partial charge in [-0.15, -0.1) is 0 Å². The molecule has 0 spiro atoms. The van der Waals surface area contributed by atoms with Gasteiger partial charge < -0.3 is 15.3 Å². The summed E-state index contributed by atoms with van der Waals surface area (Å²) in [7, 11) is 2.16. The van der Waals surface area contributed by atoms with E-state index in [1.54, 1.807) is 18.2 Å². The monoisotopic (exact) mass is 330 g/mol. The summed E-state index contributed by atoms with van der Waals surface area (Å²) in [6, 6.07) is 5.18. The second-order valence-corrected chi connectivity index (χ2v) is 7.27. The van der Waals surface area contributed by atoms with Crippen molar-refractivity contribution in [1.29, 1.82) is 0 Å². The predicted octanol–water partition coefficient (Wildman–Crippen LogP) is 3.35. The van der Waals surface area contributed by atoms with Crippen LogP contribution in [-0.2, 0) is 0 Å². The standard InChI is InChI=1S/C16H24Cl2N2O/c1-16(5-7-20(2)8-6-16)11-19-10-15(21)13-9-12(17)3-4-14(13)18/h3-4,9,15,19,21H,5-8,10-11H2,1-2H3. The lowest BCUT2D eigenvalue weighted by Gasteiger charge is -2.38. The molecule has 1 saturated heterocycles. The molecule has 0 aliphatic carbocycles. The van der Waals surface area contributed by atoms with Crippen molar-refractivity contribution in [3.63, 3.8) is 0 Å². The van der Waals surface area contributed by atoms with Crippen LogP contribution in [0, 0.1) is 5.41 Å². The molecule has 3 nitrogen and oxygen atoms in total. The second-order valence-electron chi connectivity index (χ2n) is 6.43. The van der Waals surface area contributed by atoms with E-state index in [-0.39, 0.29) is 0 Å². The Morgan fingerprint density at radius 2 is 2.00 bits per heavy atom.